The monoisotopic (exact) mass is 299 g/mol. The van der Waals surface area contributed by atoms with Crippen LogP contribution in [0.3, 0.4) is 0 Å². The number of guanidine groups is 1. The molecule has 0 bridgehead atoms. The zero-order valence-corrected chi connectivity index (χ0v) is 12.3. The predicted molar refractivity (Wildman–Crippen MR) is 90.3 cm³/mol. The quantitative estimate of drug-likeness (QED) is 0.254. The summed E-state index contributed by atoms with van der Waals surface area (Å²) in [5, 5.41) is 13.0. The lowest BCUT2D eigenvalue weighted by molar-refractivity contribution is 0.857. The molecule has 0 radical (unpaired) electrons. The summed E-state index contributed by atoms with van der Waals surface area (Å²) < 4.78 is 0. The van der Waals surface area contributed by atoms with Crippen molar-refractivity contribution in [3.63, 3.8) is 0 Å². The van der Waals surface area contributed by atoms with Crippen LogP contribution in [0.15, 0.2) is 36.4 Å². The summed E-state index contributed by atoms with van der Waals surface area (Å²) in [5.41, 5.74) is 12.7. The number of hydrazine groups is 1. The van der Waals surface area contributed by atoms with E-state index in [4.69, 9.17) is 23.4 Å². The molecule has 3 rings (SSSR count). The van der Waals surface area contributed by atoms with E-state index in [1.807, 2.05) is 6.07 Å². The van der Waals surface area contributed by atoms with E-state index in [1.54, 1.807) is 0 Å². The third kappa shape index (κ3) is 3.05. The van der Waals surface area contributed by atoms with Crippen molar-refractivity contribution in [2.45, 2.75) is 18.8 Å². The second-order valence-corrected chi connectivity index (χ2v) is 5.55. The summed E-state index contributed by atoms with van der Waals surface area (Å²) in [6, 6.07) is 12.5. The van der Waals surface area contributed by atoms with Gasteiger partial charge in [-0.15, -0.1) is 0 Å². The number of nitrogens with one attached hydrogen (secondary N) is 4. The molecule has 0 saturated heterocycles. The minimum atomic E-state index is -0.187. The van der Waals surface area contributed by atoms with Crippen LogP contribution >= 0.6 is 12.2 Å². The minimum Gasteiger partial charge on any atom is -0.369 e. The normalized spacial score (nSPS) is 13.7. The van der Waals surface area contributed by atoms with E-state index < -0.39 is 0 Å². The molecule has 0 atom stereocenters. The van der Waals surface area contributed by atoms with Crippen LogP contribution in [0.5, 0.6) is 0 Å². The third-order valence-electron chi connectivity index (χ3n) is 3.53. The molecule has 0 amide bonds. The Hall–Kier alpha value is -2.34. The molecule has 1 aliphatic carbocycles. The smallest absolute Gasteiger partial charge is 0.204 e. The lowest BCUT2D eigenvalue weighted by Gasteiger charge is -2.15. The molecule has 0 spiro atoms. The Kier molecular flexibility index (Phi) is 3.62. The molecule has 2 aromatic carbocycles. The van der Waals surface area contributed by atoms with E-state index in [9.17, 15) is 0 Å². The van der Waals surface area contributed by atoms with Crippen LogP contribution < -0.4 is 21.9 Å². The fourth-order valence-corrected chi connectivity index (χ4v) is 2.62. The van der Waals surface area contributed by atoms with Crippen molar-refractivity contribution in [3.05, 3.63) is 42.0 Å². The van der Waals surface area contributed by atoms with Gasteiger partial charge in [0.25, 0.3) is 0 Å². The number of hydrogen-bond donors (Lipinski definition) is 5. The second kappa shape index (κ2) is 5.57. The highest BCUT2D eigenvalue weighted by Gasteiger charge is 2.25. The fourth-order valence-electron chi connectivity index (χ4n) is 2.46. The van der Waals surface area contributed by atoms with Gasteiger partial charge in [0, 0.05) is 11.1 Å². The summed E-state index contributed by atoms with van der Waals surface area (Å²) in [6.45, 7) is 0. The number of rotatable bonds is 2. The van der Waals surface area contributed by atoms with Gasteiger partial charge in [0.1, 0.15) is 0 Å². The van der Waals surface area contributed by atoms with E-state index in [0.29, 0.717) is 11.0 Å². The Morgan fingerprint density at radius 3 is 2.48 bits per heavy atom. The average Bonchev–Trinajstić information content (AvgIpc) is 3.30. The maximum atomic E-state index is 7.10. The number of thiocarbonyl (C=S) groups is 1. The van der Waals surface area contributed by atoms with E-state index >= 15 is 0 Å². The summed E-state index contributed by atoms with van der Waals surface area (Å²) in [7, 11) is 0. The first-order valence-electron chi connectivity index (χ1n) is 6.84. The maximum Gasteiger partial charge on any atom is 0.204 e. The van der Waals surface area contributed by atoms with E-state index in [1.165, 1.54) is 23.8 Å². The van der Waals surface area contributed by atoms with E-state index in [0.717, 1.165) is 11.1 Å². The van der Waals surface area contributed by atoms with Crippen LogP contribution in [0.1, 0.15) is 24.3 Å². The van der Waals surface area contributed by atoms with Gasteiger partial charge < -0.3 is 11.1 Å². The minimum absolute atomic E-state index is 0.187. The van der Waals surface area contributed by atoms with Gasteiger partial charge in [-0.1, -0.05) is 30.3 Å². The van der Waals surface area contributed by atoms with Crippen molar-refractivity contribution in [3.8, 4) is 0 Å². The number of fused-ring (bicyclic) bond motifs is 1. The molecule has 0 heterocycles. The number of hydrogen-bond acceptors (Lipinski definition) is 2. The molecule has 2 aromatic rings. The second-order valence-electron chi connectivity index (χ2n) is 5.14. The molecule has 0 unspecified atom stereocenters. The van der Waals surface area contributed by atoms with Crippen molar-refractivity contribution < 1.29 is 0 Å². The Morgan fingerprint density at radius 2 is 1.81 bits per heavy atom. The van der Waals surface area contributed by atoms with Gasteiger partial charge in [0.2, 0.25) is 5.96 Å². The van der Waals surface area contributed by atoms with Crippen LogP contribution in [-0.2, 0) is 0 Å². The molecule has 0 aliphatic heterocycles. The van der Waals surface area contributed by atoms with Crippen LogP contribution in [0, 0.1) is 5.41 Å². The number of nitrogens with two attached hydrogens (primary N) is 1. The van der Waals surface area contributed by atoms with Gasteiger partial charge >= 0.3 is 0 Å². The molecular weight excluding hydrogens is 282 g/mol. The summed E-state index contributed by atoms with van der Waals surface area (Å²) in [4.78, 5) is 0. The first-order valence-corrected chi connectivity index (χ1v) is 7.24. The molecule has 1 saturated carbocycles. The molecular formula is C15H17N5S. The van der Waals surface area contributed by atoms with Gasteiger partial charge in [-0.2, -0.15) is 0 Å². The van der Waals surface area contributed by atoms with E-state index in [2.05, 4.69) is 46.5 Å². The Labute approximate surface area is 128 Å². The van der Waals surface area contributed by atoms with Crippen molar-refractivity contribution in [2.75, 3.05) is 5.32 Å². The summed E-state index contributed by atoms with van der Waals surface area (Å²) >= 11 is 5.18. The standard InChI is InChI=1S/C15H17N5S/c16-14(17)19-20-15(21)18-13-8-7-10(9-5-6-9)11-3-1-2-4-12(11)13/h1-4,7-9H,5-6H2,(H4,16,17,19)(H2,18,20,21). The van der Waals surface area contributed by atoms with Crippen molar-refractivity contribution in [1.29, 1.82) is 5.41 Å². The van der Waals surface area contributed by atoms with Crippen molar-refractivity contribution in [2.24, 2.45) is 5.73 Å². The molecule has 5 nitrogen and oxygen atoms in total. The van der Waals surface area contributed by atoms with Gasteiger partial charge in [0.05, 0.1) is 0 Å². The number of benzene rings is 2. The zero-order chi connectivity index (χ0) is 14.8. The van der Waals surface area contributed by atoms with Gasteiger partial charge in [-0.25, -0.2) is 0 Å². The highest BCUT2D eigenvalue weighted by Crippen LogP contribution is 2.44. The zero-order valence-electron chi connectivity index (χ0n) is 11.4. The lowest BCUT2D eigenvalue weighted by atomic mass is 10.00. The Morgan fingerprint density at radius 1 is 1.10 bits per heavy atom. The molecule has 21 heavy (non-hydrogen) atoms. The lowest BCUT2D eigenvalue weighted by Crippen LogP contribution is -2.46. The van der Waals surface area contributed by atoms with Gasteiger partial charge in [-0.05, 0) is 48.0 Å². The molecule has 6 N–H and O–H groups in total. The predicted octanol–water partition coefficient (Wildman–Crippen LogP) is 2.40. The SMILES string of the molecule is N=C(N)NNC(=S)Nc1ccc(C2CC2)c2ccccc12. The Balaban J connectivity index is 1.87. The van der Waals surface area contributed by atoms with Gasteiger partial charge in [-0.3, -0.25) is 16.3 Å². The van der Waals surface area contributed by atoms with Crippen molar-refractivity contribution >= 4 is 39.7 Å². The average molecular weight is 299 g/mol. The Bertz CT molecular complexity index is 708. The summed E-state index contributed by atoms with van der Waals surface area (Å²) in [6.07, 6.45) is 2.55. The van der Waals surface area contributed by atoms with Crippen LogP contribution in [-0.4, -0.2) is 11.1 Å². The van der Waals surface area contributed by atoms with Crippen LogP contribution in [0.4, 0.5) is 5.69 Å². The topological polar surface area (TPSA) is 86.0 Å². The first-order chi connectivity index (χ1) is 10.1. The molecule has 1 aliphatic rings. The largest absolute Gasteiger partial charge is 0.369 e. The maximum absolute atomic E-state index is 7.10. The fraction of sp³-hybridized carbons (Fsp3) is 0.200. The van der Waals surface area contributed by atoms with E-state index in [-0.39, 0.29) is 5.96 Å². The number of anilines is 1. The molecule has 108 valence electrons. The van der Waals surface area contributed by atoms with Crippen molar-refractivity contribution in [1.82, 2.24) is 10.9 Å². The van der Waals surface area contributed by atoms with Gasteiger partial charge in [0.15, 0.2) is 5.11 Å². The van der Waals surface area contributed by atoms with Crippen LogP contribution in [0.2, 0.25) is 0 Å². The first kappa shape index (κ1) is 13.6. The molecule has 0 aromatic heterocycles. The summed E-state index contributed by atoms with van der Waals surface area (Å²) in [5.74, 6) is 0.515. The highest BCUT2D eigenvalue weighted by molar-refractivity contribution is 7.80. The molecule has 6 heteroatoms. The third-order valence-corrected chi connectivity index (χ3v) is 3.74. The highest BCUT2D eigenvalue weighted by atomic mass is 32.1. The van der Waals surface area contributed by atoms with Crippen LogP contribution in [0.25, 0.3) is 10.8 Å². The molecule has 1 fully saturated rings.